The smallest absolute Gasteiger partial charge is 0.262 e. The SMILES string of the molecule is C=C(C)CSc1nnc2n(CCCCC)c(=O)c3ccccc3n12. The van der Waals surface area contributed by atoms with E-state index in [-0.39, 0.29) is 5.56 Å². The van der Waals surface area contributed by atoms with E-state index >= 15 is 0 Å². The van der Waals surface area contributed by atoms with Gasteiger partial charge < -0.3 is 0 Å². The van der Waals surface area contributed by atoms with E-state index in [4.69, 9.17) is 0 Å². The lowest BCUT2D eigenvalue weighted by atomic mass is 10.2. The Balaban J connectivity index is 2.20. The molecule has 126 valence electrons. The Bertz CT molecular complexity index is 941. The highest BCUT2D eigenvalue weighted by Crippen LogP contribution is 2.22. The number of rotatable bonds is 7. The molecule has 0 fully saturated rings. The lowest BCUT2D eigenvalue weighted by Gasteiger charge is -2.11. The molecule has 0 atom stereocenters. The number of thioether (sulfide) groups is 1. The summed E-state index contributed by atoms with van der Waals surface area (Å²) in [4.78, 5) is 12.9. The van der Waals surface area contributed by atoms with Gasteiger partial charge in [-0.3, -0.25) is 13.8 Å². The average Bonchev–Trinajstić information content (AvgIpc) is 3.00. The van der Waals surface area contributed by atoms with Gasteiger partial charge in [-0.2, -0.15) is 0 Å². The number of fused-ring (bicyclic) bond motifs is 3. The van der Waals surface area contributed by atoms with Gasteiger partial charge in [-0.15, -0.1) is 10.2 Å². The van der Waals surface area contributed by atoms with E-state index < -0.39 is 0 Å². The first-order valence-corrected chi connectivity index (χ1v) is 9.26. The maximum atomic E-state index is 12.9. The molecule has 0 spiro atoms. The third-order valence-corrected chi connectivity index (χ3v) is 5.07. The van der Waals surface area contributed by atoms with E-state index in [1.54, 1.807) is 16.3 Å². The highest BCUT2D eigenvalue weighted by molar-refractivity contribution is 7.99. The van der Waals surface area contributed by atoms with Crippen LogP contribution in [-0.2, 0) is 6.54 Å². The number of aromatic nitrogens is 4. The van der Waals surface area contributed by atoms with Crippen molar-refractivity contribution in [2.45, 2.75) is 44.8 Å². The number of benzene rings is 1. The molecule has 1 aromatic carbocycles. The molecule has 3 rings (SSSR count). The molecule has 6 heteroatoms. The van der Waals surface area contributed by atoms with Crippen molar-refractivity contribution in [2.24, 2.45) is 0 Å². The van der Waals surface area contributed by atoms with Crippen LogP contribution in [0.4, 0.5) is 0 Å². The molecule has 0 saturated carbocycles. The van der Waals surface area contributed by atoms with E-state index in [9.17, 15) is 4.79 Å². The van der Waals surface area contributed by atoms with Crippen LogP contribution in [0.15, 0.2) is 46.4 Å². The Morgan fingerprint density at radius 3 is 2.79 bits per heavy atom. The first-order chi connectivity index (χ1) is 11.6. The maximum absolute atomic E-state index is 12.9. The largest absolute Gasteiger partial charge is 0.276 e. The summed E-state index contributed by atoms with van der Waals surface area (Å²) < 4.78 is 3.76. The van der Waals surface area contributed by atoms with Crippen LogP contribution >= 0.6 is 11.8 Å². The van der Waals surface area contributed by atoms with Gasteiger partial charge in [0.2, 0.25) is 5.78 Å². The summed E-state index contributed by atoms with van der Waals surface area (Å²) in [6.45, 7) is 8.77. The molecular formula is C18H22N4OS. The van der Waals surface area contributed by atoms with Crippen molar-refractivity contribution in [1.29, 1.82) is 0 Å². The van der Waals surface area contributed by atoms with Crippen LogP contribution in [0.1, 0.15) is 33.1 Å². The topological polar surface area (TPSA) is 52.2 Å². The van der Waals surface area contributed by atoms with Crippen molar-refractivity contribution in [3.05, 3.63) is 46.8 Å². The number of aryl methyl sites for hydroxylation is 1. The van der Waals surface area contributed by atoms with Gasteiger partial charge in [0, 0.05) is 12.3 Å². The fourth-order valence-electron chi connectivity index (χ4n) is 2.74. The maximum Gasteiger partial charge on any atom is 0.262 e. The predicted octanol–water partition coefficient (Wildman–Crippen LogP) is 3.90. The summed E-state index contributed by atoms with van der Waals surface area (Å²) in [5.74, 6) is 1.41. The van der Waals surface area contributed by atoms with Crippen LogP contribution in [0.25, 0.3) is 16.7 Å². The summed E-state index contributed by atoms with van der Waals surface area (Å²) in [6.07, 6.45) is 3.17. The third kappa shape index (κ3) is 3.11. The zero-order chi connectivity index (χ0) is 17.1. The fourth-order valence-corrected chi connectivity index (χ4v) is 3.52. The molecule has 0 bridgehead atoms. The molecule has 0 unspecified atom stereocenters. The average molecular weight is 342 g/mol. The number of para-hydroxylation sites is 1. The van der Waals surface area contributed by atoms with Gasteiger partial charge >= 0.3 is 0 Å². The molecule has 24 heavy (non-hydrogen) atoms. The lowest BCUT2D eigenvalue weighted by Crippen LogP contribution is -2.23. The first kappa shape index (κ1) is 16.8. The monoisotopic (exact) mass is 342 g/mol. The molecule has 0 aliphatic carbocycles. The van der Waals surface area contributed by atoms with Crippen LogP contribution in [-0.4, -0.2) is 24.9 Å². The molecule has 0 radical (unpaired) electrons. The molecule has 0 saturated heterocycles. The third-order valence-electron chi connectivity index (χ3n) is 3.91. The highest BCUT2D eigenvalue weighted by atomic mass is 32.2. The van der Waals surface area contributed by atoms with Crippen molar-refractivity contribution in [3.8, 4) is 0 Å². The summed E-state index contributed by atoms with van der Waals surface area (Å²) in [5.41, 5.74) is 1.95. The Labute approximate surface area is 145 Å². The zero-order valence-corrected chi connectivity index (χ0v) is 15.0. The standard InChI is InChI=1S/C18H22N4OS/c1-4-5-8-11-21-16(23)14-9-6-7-10-15(14)22-17(21)19-20-18(22)24-12-13(2)3/h6-7,9-10H,2,4-5,8,11-12H2,1,3H3. The minimum absolute atomic E-state index is 0.0121. The summed E-state index contributed by atoms with van der Waals surface area (Å²) in [6, 6.07) is 7.67. The van der Waals surface area contributed by atoms with Crippen molar-refractivity contribution in [2.75, 3.05) is 5.75 Å². The van der Waals surface area contributed by atoms with Crippen LogP contribution in [0.3, 0.4) is 0 Å². The molecule has 2 aromatic heterocycles. The number of hydrogen-bond donors (Lipinski definition) is 0. The molecule has 0 aliphatic heterocycles. The second-order valence-electron chi connectivity index (χ2n) is 6.04. The zero-order valence-electron chi connectivity index (χ0n) is 14.2. The molecular weight excluding hydrogens is 320 g/mol. The van der Waals surface area contributed by atoms with Gasteiger partial charge in [0.15, 0.2) is 5.16 Å². The number of nitrogens with zero attached hydrogens (tertiary/aromatic N) is 4. The quantitative estimate of drug-likeness (QED) is 0.371. The second-order valence-corrected chi connectivity index (χ2v) is 6.99. The van der Waals surface area contributed by atoms with Crippen molar-refractivity contribution < 1.29 is 0 Å². The van der Waals surface area contributed by atoms with Gasteiger partial charge in [0.05, 0.1) is 10.9 Å². The molecule has 0 amide bonds. The van der Waals surface area contributed by atoms with E-state index in [0.717, 1.165) is 41.3 Å². The molecule has 3 aromatic rings. The predicted molar refractivity (Wildman–Crippen MR) is 99.8 cm³/mol. The van der Waals surface area contributed by atoms with Gasteiger partial charge in [0.25, 0.3) is 5.56 Å². The van der Waals surface area contributed by atoms with Crippen molar-refractivity contribution in [3.63, 3.8) is 0 Å². The first-order valence-electron chi connectivity index (χ1n) is 8.27. The Morgan fingerprint density at radius 1 is 1.25 bits per heavy atom. The van der Waals surface area contributed by atoms with Gasteiger partial charge in [-0.25, -0.2) is 0 Å². The summed E-state index contributed by atoms with van der Waals surface area (Å²) in [7, 11) is 0. The van der Waals surface area contributed by atoms with E-state index in [0.29, 0.717) is 17.7 Å². The highest BCUT2D eigenvalue weighted by Gasteiger charge is 2.16. The fraction of sp³-hybridized carbons (Fsp3) is 0.389. The molecule has 0 N–H and O–H groups in total. The second kappa shape index (κ2) is 7.21. The summed E-state index contributed by atoms with van der Waals surface area (Å²) >= 11 is 1.60. The number of hydrogen-bond acceptors (Lipinski definition) is 4. The molecule has 2 heterocycles. The molecule has 0 aliphatic rings. The van der Waals surface area contributed by atoms with Gasteiger partial charge in [-0.1, -0.05) is 55.8 Å². The van der Waals surface area contributed by atoms with Crippen molar-refractivity contribution in [1.82, 2.24) is 19.2 Å². The van der Waals surface area contributed by atoms with E-state index in [1.165, 1.54) is 0 Å². The normalized spacial score (nSPS) is 11.4. The van der Waals surface area contributed by atoms with Crippen LogP contribution < -0.4 is 5.56 Å². The Morgan fingerprint density at radius 2 is 2.04 bits per heavy atom. The minimum Gasteiger partial charge on any atom is -0.276 e. The minimum atomic E-state index is 0.0121. The van der Waals surface area contributed by atoms with E-state index in [2.05, 4.69) is 23.7 Å². The number of unbranched alkanes of at least 4 members (excludes halogenated alkanes) is 2. The van der Waals surface area contributed by atoms with Crippen LogP contribution in [0.2, 0.25) is 0 Å². The van der Waals surface area contributed by atoms with Gasteiger partial charge in [-0.05, 0) is 25.5 Å². The Kier molecular flexibility index (Phi) is 5.04. The van der Waals surface area contributed by atoms with Crippen LogP contribution in [0, 0.1) is 0 Å². The summed E-state index contributed by atoms with van der Waals surface area (Å²) in [5, 5.41) is 10.1. The van der Waals surface area contributed by atoms with Crippen LogP contribution in [0.5, 0.6) is 0 Å². The van der Waals surface area contributed by atoms with Crippen molar-refractivity contribution >= 4 is 28.4 Å². The molecule has 5 nitrogen and oxygen atoms in total. The lowest BCUT2D eigenvalue weighted by molar-refractivity contribution is 0.594. The van der Waals surface area contributed by atoms with Gasteiger partial charge in [0.1, 0.15) is 0 Å². The Hall–Kier alpha value is -2.08. The van der Waals surface area contributed by atoms with E-state index in [1.807, 2.05) is 35.6 Å².